The van der Waals surface area contributed by atoms with Gasteiger partial charge >= 0.3 is 12.1 Å². The molecule has 8 heteroatoms. The molecule has 0 unspecified atom stereocenters. The smallest absolute Gasteiger partial charge is 0.407 e. The molecule has 0 fully saturated rings. The first-order chi connectivity index (χ1) is 13.7. The molecule has 0 spiro atoms. The fourth-order valence-electron chi connectivity index (χ4n) is 2.77. The highest BCUT2D eigenvalue weighted by atomic mass is 16.6. The van der Waals surface area contributed by atoms with Crippen LogP contribution >= 0.6 is 0 Å². The zero-order valence-electron chi connectivity index (χ0n) is 17.4. The van der Waals surface area contributed by atoms with Crippen LogP contribution in [0.15, 0.2) is 30.3 Å². The third-order valence-corrected chi connectivity index (χ3v) is 4.00. The number of hydrogen-bond acceptors (Lipinski definition) is 5. The lowest BCUT2D eigenvalue weighted by atomic mass is 10.2. The number of alkyl carbamates (subject to hydrolysis) is 1. The maximum Gasteiger partial charge on any atom is 0.407 e. The average molecular weight is 403 g/mol. The second-order valence-corrected chi connectivity index (χ2v) is 7.57. The Kier molecular flexibility index (Phi) is 7.64. The van der Waals surface area contributed by atoms with E-state index in [0.717, 1.165) is 5.56 Å². The van der Waals surface area contributed by atoms with E-state index >= 15 is 0 Å². The number of hydrogen-bond donors (Lipinski definition) is 2. The van der Waals surface area contributed by atoms with Crippen LogP contribution in [0, 0.1) is 0 Å². The fraction of sp³-hybridized carbons (Fsp3) is 0.476. The van der Waals surface area contributed by atoms with Crippen LogP contribution < -0.4 is 10.1 Å². The molecule has 1 amide bonds. The van der Waals surface area contributed by atoms with Crippen molar-refractivity contribution in [1.29, 1.82) is 0 Å². The molecule has 1 aromatic heterocycles. The van der Waals surface area contributed by atoms with Crippen molar-refractivity contribution >= 4 is 12.1 Å². The number of aryl methyl sites for hydroxylation is 1. The summed E-state index contributed by atoms with van der Waals surface area (Å²) in [4.78, 5) is 23.5. The SMILES string of the molecule is CCc1c(OCc2ccccc2)nn(CCCNC(=O)OC(C)(C)C)c1C(=O)O. The Morgan fingerprint density at radius 3 is 2.48 bits per heavy atom. The summed E-state index contributed by atoms with van der Waals surface area (Å²) < 4.78 is 12.4. The quantitative estimate of drug-likeness (QED) is 0.620. The third kappa shape index (κ3) is 6.81. The lowest BCUT2D eigenvalue weighted by Crippen LogP contribution is -2.33. The first-order valence-corrected chi connectivity index (χ1v) is 9.67. The minimum atomic E-state index is -1.05. The standard InChI is InChI=1S/C21H29N3O5/c1-5-16-17(19(25)26)24(13-9-12-22-20(27)29-21(2,3)4)23-18(16)28-14-15-10-7-6-8-11-15/h6-8,10-11H,5,9,12-14H2,1-4H3,(H,22,27)(H,25,26). The van der Waals surface area contributed by atoms with Crippen molar-refractivity contribution in [3.63, 3.8) is 0 Å². The Bertz CT molecular complexity index is 825. The number of aromatic carboxylic acids is 1. The van der Waals surface area contributed by atoms with Gasteiger partial charge in [0.25, 0.3) is 0 Å². The number of aromatic nitrogens is 2. The second kappa shape index (κ2) is 9.95. The summed E-state index contributed by atoms with van der Waals surface area (Å²) in [5, 5.41) is 16.7. The molecule has 158 valence electrons. The van der Waals surface area contributed by atoms with Crippen molar-refractivity contribution in [2.45, 2.75) is 59.3 Å². The van der Waals surface area contributed by atoms with Crippen molar-refractivity contribution in [3.8, 4) is 5.88 Å². The number of carboxylic acids is 1. The lowest BCUT2D eigenvalue weighted by Gasteiger charge is -2.19. The van der Waals surface area contributed by atoms with E-state index in [0.29, 0.717) is 44.0 Å². The van der Waals surface area contributed by atoms with Crippen LogP contribution in [0.4, 0.5) is 4.79 Å². The highest BCUT2D eigenvalue weighted by Gasteiger charge is 2.23. The van der Waals surface area contributed by atoms with E-state index in [2.05, 4.69) is 10.4 Å². The van der Waals surface area contributed by atoms with Gasteiger partial charge in [-0.25, -0.2) is 9.59 Å². The number of amides is 1. The maximum atomic E-state index is 11.8. The van der Waals surface area contributed by atoms with Gasteiger partial charge in [-0.05, 0) is 39.2 Å². The highest BCUT2D eigenvalue weighted by Crippen LogP contribution is 2.24. The number of rotatable bonds is 9. The summed E-state index contributed by atoms with van der Waals surface area (Å²) in [5.74, 6) is -0.724. The van der Waals surface area contributed by atoms with Crippen LogP contribution in [-0.2, 0) is 24.3 Å². The van der Waals surface area contributed by atoms with Gasteiger partial charge in [0.05, 0.1) is 0 Å². The van der Waals surface area contributed by atoms with Gasteiger partial charge in [-0.1, -0.05) is 37.3 Å². The normalized spacial score (nSPS) is 11.2. The van der Waals surface area contributed by atoms with Gasteiger partial charge in [0.15, 0.2) is 5.69 Å². The molecule has 0 bridgehead atoms. The summed E-state index contributed by atoms with van der Waals surface area (Å²) in [6.07, 6.45) is 0.488. The molecule has 2 aromatic rings. The van der Waals surface area contributed by atoms with Gasteiger partial charge < -0.3 is 19.9 Å². The topological polar surface area (TPSA) is 103 Å². The van der Waals surface area contributed by atoms with Gasteiger partial charge in [-0.3, -0.25) is 4.68 Å². The van der Waals surface area contributed by atoms with Crippen LogP contribution in [0.1, 0.15) is 55.7 Å². The minimum Gasteiger partial charge on any atom is -0.477 e. The van der Waals surface area contributed by atoms with Crippen LogP contribution in [0.5, 0.6) is 5.88 Å². The molecule has 0 aliphatic carbocycles. The number of nitrogens with zero attached hydrogens (tertiary/aromatic N) is 2. The van der Waals surface area contributed by atoms with Gasteiger partial charge in [-0.2, -0.15) is 0 Å². The summed E-state index contributed by atoms with van der Waals surface area (Å²) >= 11 is 0. The first kappa shape index (κ1) is 22.3. The van der Waals surface area contributed by atoms with E-state index in [-0.39, 0.29) is 5.69 Å². The molecular weight excluding hydrogens is 374 g/mol. The van der Waals surface area contributed by atoms with Gasteiger partial charge in [-0.15, -0.1) is 5.10 Å². The number of carbonyl (C=O) groups excluding carboxylic acids is 1. The molecule has 0 saturated heterocycles. The van der Waals surface area contributed by atoms with Gasteiger partial charge in [0.1, 0.15) is 12.2 Å². The Hall–Kier alpha value is -3.03. The first-order valence-electron chi connectivity index (χ1n) is 9.67. The predicted molar refractivity (Wildman–Crippen MR) is 108 cm³/mol. The van der Waals surface area contributed by atoms with Gasteiger partial charge in [0.2, 0.25) is 5.88 Å². The maximum absolute atomic E-state index is 11.8. The molecule has 29 heavy (non-hydrogen) atoms. The van der Waals surface area contributed by atoms with Crippen molar-refractivity contribution in [2.75, 3.05) is 6.54 Å². The monoisotopic (exact) mass is 403 g/mol. The largest absolute Gasteiger partial charge is 0.477 e. The molecule has 0 saturated carbocycles. The zero-order chi connectivity index (χ0) is 21.4. The summed E-state index contributed by atoms with van der Waals surface area (Å²) in [6.45, 7) is 8.22. The van der Waals surface area contributed by atoms with E-state index in [4.69, 9.17) is 9.47 Å². The van der Waals surface area contributed by atoms with Crippen molar-refractivity contribution in [2.24, 2.45) is 0 Å². The zero-order valence-corrected chi connectivity index (χ0v) is 17.4. The molecule has 2 N–H and O–H groups in total. The number of ether oxygens (including phenoxy) is 2. The van der Waals surface area contributed by atoms with E-state index in [1.54, 1.807) is 20.8 Å². The minimum absolute atomic E-state index is 0.118. The summed E-state index contributed by atoms with van der Waals surface area (Å²) in [5.41, 5.74) is 1.09. The van der Waals surface area contributed by atoms with Crippen LogP contribution in [0.2, 0.25) is 0 Å². The molecule has 2 rings (SSSR count). The van der Waals surface area contributed by atoms with E-state index < -0.39 is 17.7 Å². The average Bonchev–Trinajstić information content (AvgIpc) is 3.00. The molecule has 0 aliphatic rings. The third-order valence-electron chi connectivity index (χ3n) is 4.00. The lowest BCUT2D eigenvalue weighted by molar-refractivity contribution is 0.0524. The number of benzene rings is 1. The Labute approximate surface area is 170 Å². The Morgan fingerprint density at radius 2 is 1.90 bits per heavy atom. The highest BCUT2D eigenvalue weighted by molar-refractivity contribution is 5.88. The molecule has 0 atom stereocenters. The second-order valence-electron chi connectivity index (χ2n) is 7.57. The Balaban J connectivity index is 2.02. The van der Waals surface area contributed by atoms with E-state index in [1.807, 2.05) is 37.3 Å². The molecule has 0 aliphatic heterocycles. The van der Waals surface area contributed by atoms with Crippen molar-refractivity contribution in [3.05, 3.63) is 47.2 Å². The Morgan fingerprint density at radius 1 is 1.21 bits per heavy atom. The van der Waals surface area contributed by atoms with Crippen LogP contribution in [-0.4, -0.2) is 39.1 Å². The summed E-state index contributed by atoms with van der Waals surface area (Å²) in [6, 6.07) is 9.62. The van der Waals surface area contributed by atoms with Crippen LogP contribution in [0.3, 0.4) is 0 Å². The molecule has 8 nitrogen and oxygen atoms in total. The van der Waals surface area contributed by atoms with Gasteiger partial charge in [0, 0.05) is 18.7 Å². The molecule has 1 aromatic carbocycles. The number of nitrogens with one attached hydrogen (secondary N) is 1. The fourth-order valence-corrected chi connectivity index (χ4v) is 2.77. The predicted octanol–water partition coefficient (Wildman–Crippen LogP) is 3.64. The molecular formula is C21H29N3O5. The summed E-state index contributed by atoms with van der Waals surface area (Å²) in [7, 11) is 0. The van der Waals surface area contributed by atoms with Crippen LogP contribution in [0.25, 0.3) is 0 Å². The molecule has 0 radical (unpaired) electrons. The van der Waals surface area contributed by atoms with E-state index in [9.17, 15) is 14.7 Å². The van der Waals surface area contributed by atoms with E-state index in [1.165, 1.54) is 4.68 Å². The number of carboxylic acid groups (broad SMARTS) is 1. The number of carbonyl (C=O) groups is 2. The molecule has 1 heterocycles. The van der Waals surface area contributed by atoms with Crippen molar-refractivity contribution < 1.29 is 24.2 Å². The van der Waals surface area contributed by atoms with Crippen molar-refractivity contribution in [1.82, 2.24) is 15.1 Å².